The van der Waals surface area contributed by atoms with Crippen LogP contribution in [-0.4, -0.2) is 8.07 Å². The third kappa shape index (κ3) is 5.32. The number of hydrogen-bond donors (Lipinski definition) is 0. The van der Waals surface area contributed by atoms with Gasteiger partial charge in [0.05, 0.1) is 0 Å². The molecule has 0 saturated heterocycles. The number of nitrogens with zero attached hydrogens (tertiary/aromatic N) is 2. The van der Waals surface area contributed by atoms with Gasteiger partial charge in [-0.2, -0.15) is 0 Å². The van der Waals surface area contributed by atoms with Crippen molar-refractivity contribution < 1.29 is 0 Å². The third-order valence-electron chi connectivity index (χ3n) is 7.69. The molecule has 0 aliphatic rings. The average molecular weight is 547 g/mol. The Bertz CT molecular complexity index is 1490. The average Bonchev–Trinajstić information content (AvgIpc) is 3.04. The Morgan fingerprint density at radius 1 is 0.317 bits per heavy atom. The van der Waals surface area contributed by atoms with E-state index in [9.17, 15) is 0 Å². The zero-order valence-electron chi connectivity index (χ0n) is 23.6. The van der Waals surface area contributed by atoms with Gasteiger partial charge in [-0.3, -0.25) is 0 Å². The van der Waals surface area contributed by atoms with Crippen molar-refractivity contribution in [2.45, 2.75) is 13.1 Å². The van der Waals surface area contributed by atoms with Crippen LogP contribution in [0.4, 0.5) is 34.1 Å². The summed E-state index contributed by atoms with van der Waals surface area (Å²) in [5.41, 5.74) is 7.06. The van der Waals surface area contributed by atoms with Crippen LogP contribution in [0, 0.1) is 0 Å². The Kier molecular flexibility index (Phi) is 7.53. The fraction of sp³-hybridized carbons (Fsp3) is 0.0526. The van der Waals surface area contributed by atoms with Crippen molar-refractivity contribution in [3.05, 3.63) is 170 Å². The molecule has 0 fully saturated rings. The highest BCUT2D eigenvalue weighted by Crippen LogP contribution is 2.37. The van der Waals surface area contributed by atoms with E-state index in [2.05, 4.69) is 193 Å². The van der Waals surface area contributed by atoms with Crippen molar-refractivity contribution in [1.82, 2.24) is 0 Å². The number of rotatable bonds is 8. The molecule has 0 aliphatic carbocycles. The Morgan fingerprint density at radius 2 is 0.561 bits per heavy atom. The quantitative estimate of drug-likeness (QED) is 0.175. The van der Waals surface area contributed by atoms with Crippen LogP contribution in [0.25, 0.3) is 0 Å². The van der Waals surface area contributed by atoms with Crippen LogP contribution in [0.2, 0.25) is 13.1 Å². The summed E-state index contributed by atoms with van der Waals surface area (Å²) < 4.78 is 0. The van der Waals surface area contributed by atoms with Crippen LogP contribution < -0.4 is 20.2 Å². The first kappa shape index (κ1) is 26.4. The molecular weight excluding hydrogens is 513 g/mol. The van der Waals surface area contributed by atoms with Gasteiger partial charge < -0.3 is 9.80 Å². The van der Waals surface area contributed by atoms with Crippen LogP contribution in [-0.2, 0) is 0 Å². The highest BCUT2D eigenvalue weighted by molar-refractivity contribution is 7.02. The van der Waals surface area contributed by atoms with Crippen molar-refractivity contribution in [3.63, 3.8) is 0 Å². The van der Waals surface area contributed by atoms with Gasteiger partial charge in [-0.15, -0.1) is 0 Å². The minimum Gasteiger partial charge on any atom is -0.311 e. The van der Waals surface area contributed by atoms with Gasteiger partial charge in [0.2, 0.25) is 0 Å². The summed E-state index contributed by atoms with van der Waals surface area (Å²) in [7, 11) is -2.29. The smallest absolute Gasteiger partial charge is 0.117 e. The topological polar surface area (TPSA) is 6.48 Å². The predicted molar refractivity (Wildman–Crippen MR) is 179 cm³/mol. The fourth-order valence-corrected chi connectivity index (χ4v) is 8.69. The fourth-order valence-electron chi connectivity index (χ4n) is 5.70. The molecule has 6 rings (SSSR count). The molecule has 0 saturated carbocycles. The molecule has 3 heteroatoms. The van der Waals surface area contributed by atoms with Crippen molar-refractivity contribution in [2.24, 2.45) is 0 Å². The summed E-state index contributed by atoms with van der Waals surface area (Å²) in [5.74, 6) is 0. The van der Waals surface area contributed by atoms with Crippen LogP contribution >= 0.6 is 0 Å². The van der Waals surface area contributed by atoms with Crippen molar-refractivity contribution >= 4 is 52.6 Å². The maximum Gasteiger partial charge on any atom is 0.117 e. The minimum atomic E-state index is -2.29. The molecule has 0 N–H and O–H groups in total. The molecule has 41 heavy (non-hydrogen) atoms. The Balaban J connectivity index is 1.55. The van der Waals surface area contributed by atoms with Crippen LogP contribution in [0.1, 0.15) is 0 Å². The zero-order chi connectivity index (χ0) is 28.1. The first-order valence-corrected chi connectivity index (χ1v) is 17.1. The number of anilines is 6. The van der Waals surface area contributed by atoms with E-state index in [4.69, 9.17) is 0 Å². The zero-order valence-corrected chi connectivity index (χ0v) is 24.6. The van der Waals surface area contributed by atoms with Gasteiger partial charge in [-0.25, -0.2) is 0 Å². The summed E-state index contributed by atoms with van der Waals surface area (Å²) in [4.78, 5) is 4.80. The van der Waals surface area contributed by atoms with Crippen LogP contribution in [0.15, 0.2) is 170 Å². The van der Waals surface area contributed by atoms with Gasteiger partial charge in [-0.05, 0) is 71.0 Å². The highest BCUT2D eigenvalue weighted by atomic mass is 28.3. The maximum absolute atomic E-state index is 2.48. The monoisotopic (exact) mass is 546 g/mol. The maximum atomic E-state index is 2.48. The van der Waals surface area contributed by atoms with E-state index in [0.717, 1.165) is 22.7 Å². The lowest BCUT2D eigenvalue weighted by Gasteiger charge is -2.36. The molecule has 0 radical (unpaired) electrons. The molecule has 0 aliphatic heterocycles. The Labute approximate surface area is 244 Å². The summed E-state index contributed by atoms with van der Waals surface area (Å²) in [6.07, 6.45) is 0. The molecule has 200 valence electrons. The standard InChI is InChI=1S/C38H34N2Si/c1-41(2,37-29-17-15-27-35(37)39(31-19-7-3-8-20-31)32-21-9-4-10-22-32)38-30-18-16-28-36(38)40(33-23-11-5-12-24-33)34-25-13-6-14-26-34/h3-30H,1-2H3. The summed E-state index contributed by atoms with van der Waals surface area (Å²) in [5, 5.41) is 2.78. The molecule has 0 atom stereocenters. The van der Waals surface area contributed by atoms with Crippen molar-refractivity contribution in [3.8, 4) is 0 Å². The molecule has 0 unspecified atom stereocenters. The van der Waals surface area contributed by atoms with Gasteiger partial charge in [0.1, 0.15) is 8.07 Å². The van der Waals surface area contributed by atoms with Crippen LogP contribution in [0.3, 0.4) is 0 Å². The molecule has 6 aromatic carbocycles. The van der Waals surface area contributed by atoms with Gasteiger partial charge in [-0.1, -0.05) is 122 Å². The second-order valence-electron chi connectivity index (χ2n) is 10.7. The third-order valence-corrected chi connectivity index (χ3v) is 11.2. The van der Waals surface area contributed by atoms with Gasteiger partial charge in [0.25, 0.3) is 0 Å². The second kappa shape index (κ2) is 11.7. The summed E-state index contributed by atoms with van der Waals surface area (Å²) in [6, 6.07) is 60.7. The number of benzene rings is 6. The van der Waals surface area contributed by atoms with E-state index in [1.54, 1.807) is 0 Å². The lowest BCUT2D eigenvalue weighted by atomic mass is 10.2. The Morgan fingerprint density at radius 3 is 0.854 bits per heavy atom. The minimum absolute atomic E-state index is 1.15. The first-order chi connectivity index (χ1) is 20.1. The molecule has 0 heterocycles. The molecule has 0 amide bonds. The summed E-state index contributed by atoms with van der Waals surface area (Å²) >= 11 is 0. The lowest BCUT2D eigenvalue weighted by molar-refractivity contribution is 1.28. The van der Waals surface area contributed by atoms with E-state index in [0.29, 0.717) is 0 Å². The van der Waals surface area contributed by atoms with Gasteiger partial charge in [0.15, 0.2) is 0 Å². The van der Waals surface area contributed by atoms with Gasteiger partial charge in [0, 0.05) is 34.1 Å². The second-order valence-corrected chi connectivity index (χ2v) is 15.0. The van der Waals surface area contributed by atoms with Gasteiger partial charge >= 0.3 is 0 Å². The van der Waals surface area contributed by atoms with E-state index in [1.165, 1.54) is 21.7 Å². The molecule has 2 nitrogen and oxygen atoms in total. The molecule has 0 bridgehead atoms. The lowest BCUT2D eigenvalue weighted by Crippen LogP contribution is -2.55. The van der Waals surface area contributed by atoms with E-state index in [-0.39, 0.29) is 0 Å². The largest absolute Gasteiger partial charge is 0.311 e. The predicted octanol–water partition coefficient (Wildman–Crippen LogP) is 9.45. The van der Waals surface area contributed by atoms with E-state index in [1.807, 2.05) is 0 Å². The van der Waals surface area contributed by atoms with Crippen molar-refractivity contribution in [2.75, 3.05) is 9.80 Å². The number of hydrogen-bond acceptors (Lipinski definition) is 2. The van der Waals surface area contributed by atoms with Crippen LogP contribution in [0.5, 0.6) is 0 Å². The Hall–Kier alpha value is -4.86. The van der Waals surface area contributed by atoms with Crippen molar-refractivity contribution in [1.29, 1.82) is 0 Å². The van der Waals surface area contributed by atoms with E-state index >= 15 is 0 Å². The normalized spacial score (nSPS) is 11.2. The van der Waals surface area contributed by atoms with E-state index < -0.39 is 8.07 Å². The first-order valence-electron chi connectivity index (χ1n) is 14.1. The number of para-hydroxylation sites is 6. The highest BCUT2D eigenvalue weighted by Gasteiger charge is 2.34. The molecular formula is C38H34N2Si. The molecule has 6 aromatic rings. The molecule has 0 spiro atoms. The SMILES string of the molecule is C[Si](C)(c1ccccc1N(c1ccccc1)c1ccccc1)c1ccccc1N(c1ccccc1)c1ccccc1. The summed E-state index contributed by atoms with van der Waals surface area (Å²) in [6.45, 7) is 4.96. The molecule has 0 aromatic heterocycles.